The fraction of sp³-hybridized carbons (Fsp3) is 0.462. The van der Waals surface area contributed by atoms with E-state index in [1.807, 2.05) is 0 Å². The lowest BCUT2D eigenvalue weighted by molar-refractivity contribution is -0.117. The molecule has 0 aromatic heterocycles. The van der Waals surface area contributed by atoms with Gasteiger partial charge >= 0.3 is 0 Å². The summed E-state index contributed by atoms with van der Waals surface area (Å²) in [5, 5.41) is 3.86. The van der Waals surface area contributed by atoms with E-state index in [-0.39, 0.29) is 5.91 Å². The molecule has 18 heavy (non-hydrogen) atoms. The van der Waals surface area contributed by atoms with Crippen molar-refractivity contribution in [2.24, 2.45) is 5.92 Å². The number of hydrogen-bond acceptors (Lipinski definition) is 2. The Hall–Kier alpha value is -0.770. The molecule has 1 saturated heterocycles. The zero-order chi connectivity index (χ0) is 13.0. The highest BCUT2D eigenvalue weighted by Gasteiger charge is 2.17. The summed E-state index contributed by atoms with van der Waals surface area (Å²) in [6.07, 6.45) is 2.42. The largest absolute Gasteiger partial charge is 0.381 e. The summed E-state index contributed by atoms with van der Waals surface area (Å²) < 4.78 is 5.26. The lowest BCUT2D eigenvalue weighted by Crippen LogP contribution is -2.22. The quantitative estimate of drug-likeness (QED) is 0.920. The lowest BCUT2D eigenvalue weighted by atomic mass is 9.96. The van der Waals surface area contributed by atoms with Crippen LogP contribution in [0, 0.1) is 5.92 Å². The van der Waals surface area contributed by atoms with Gasteiger partial charge in [-0.2, -0.15) is 0 Å². The van der Waals surface area contributed by atoms with Crippen molar-refractivity contribution < 1.29 is 9.53 Å². The van der Waals surface area contributed by atoms with E-state index in [0.29, 0.717) is 28.1 Å². The van der Waals surface area contributed by atoms with Gasteiger partial charge in [0, 0.05) is 35.4 Å². The van der Waals surface area contributed by atoms with Gasteiger partial charge in [-0.25, -0.2) is 0 Å². The average molecular weight is 288 g/mol. The van der Waals surface area contributed by atoms with Crippen molar-refractivity contribution in [1.82, 2.24) is 0 Å². The number of carbonyl (C=O) groups is 1. The molecule has 1 heterocycles. The smallest absolute Gasteiger partial charge is 0.224 e. The second-order valence-electron chi connectivity index (χ2n) is 4.47. The van der Waals surface area contributed by atoms with E-state index >= 15 is 0 Å². The standard InChI is InChI=1S/C13H15Cl2NO2/c14-10-6-11(15)8-12(7-10)16-13(17)5-9-1-3-18-4-2-9/h6-9H,1-5H2,(H,16,17). The monoisotopic (exact) mass is 287 g/mol. The van der Waals surface area contributed by atoms with E-state index in [9.17, 15) is 4.79 Å². The van der Waals surface area contributed by atoms with Crippen LogP contribution in [0.5, 0.6) is 0 Å². The normalized spacial score (nSPS) is 16.6. The van der Waals surface area contributed by atoms with Gasteiger partial charge in [0.25, 0.3) is 0 Å². The first kappa shape index (κ1) is 13.7. The molecule has 1 aromatic rings. The van der Waals surface area contributed by atoms with Crippen molar-refractivity contribution in [3.05, 3.63) is 28.2 Å². The predicted molar refractivity (Wildman–Crippen MR) is 73.3 cm³/mol. The zero-order valence-electron chi connectivity index (χ0n) is 9.92. The first-order valence-electron chi connectivity index (χ1n) is 5.97. The summed E-state index contributed by atoms with van der Waals surface area (Å²) in [6, 6.07) is 5.02. The van der Waals surface area contributed by atoms with Crippen LogP contribution in [0.1, 0.15) is 19.3 Å². The third-order valence-electron chi connectivity index (χ3n) is 2.96. The van der Waals surface area contributed by atoms with Crippen LogP contribution >= 0.6 is 23.2 Å². The maximum absolute atomic E-state index is 11.9. The fourth-order valence-electron chi connectivity index (χ4n) is 2.05. The van der Waals surface area contributed by atoms with Gasteiger partial charge in [-0.05, 0) is 37.0 Å². The van der Waals surface area contributed by atoms with Crippen LogP contribution in [0.3, 0.4) is 0 Å². The van der Waals surface area contributed by atoms with Crippen molar-refractivity contribution in [2.75, 3.05) is 18.5 Å². The highest BCUT2D eigenvalue weighted by molar-refractivity contribution is 6.35. The van der Waals surface area contributed by atoms with Crippen LogP contribution in [0.2, 0.25) is 10.0 Å². The second kappa shape index (κ2) is 6.41. The average Bonchev–Trinajstić information content (AvgIpc) is 2.28. The molecule has 1 N–H and O–H groups in total. The maximum atomic E-state index is 11.9. The molecule has 0 unspecified atom stereocenters. The summed E-state index contributed by atoms with van der Waals surface area (Å²) in [4.78, 5) is 11.9. The van der Waals surface area contributed by atoms with Gasteiger partial charge in [-0.3, -0.25) is 4.79 Å². The first-order chi connectivity index (χ1) is 8.63. The van der Waals surface area contributed by atoms with Crippen LogP contribution in [0.25, 0.3) is 0 Å². The summed E-state index contributed by atoms with van der Waals surface area (Å²) in [5.74, 6) is 0.411. The Balaban J connectivity index is 1.89. The minimum absolute atomic E-state index is 0.000216. The number of carbonyl (C=O) groups excluding carboxylic acids is 1. The van der Waals surface area contributed by atoms with Gasteiger partial charge in [0.15, 0.2) is 0 Å². The SMILES string of the molecule is O=C(CC1CCOCC1)Nc1cc(Cl)cc(Cl)c1. The van der Waals surface area contributed by atoms with Gasteiger partial charge in [-0.15, -0.1) is 0 Å². The lowest BCUT2D eigenvalue weighted by Gasteiger charge is -2.21. The van der Waals surface area contributed by atoms with Gasteiger partial charge < -0.3 is 10.1 Å². The molecule has 0 saturated carbocycles. The van der Waals surface area contributed by atoms with E-state index in [4.69, 9.17) is 27.9 Å². The van der Waals surface area contributed by atoms with Gasteiger partial charge in [0.2, 0.25) is 5.91 Å². The number of amides is 1. The first-order valence-corrected chi connectivity index (χ1v) is 6.73. The third-order valence-corrected chi connectivity index (χ3v) is 3.40. The summed E-state index contributed by atoms with van der Waals surface area (Å²) >= 11 is 11.7. The van der Waals surface area contributed by atoms with E-state index in [1.54, 1.807) is 18.2 Å². The van der Waals surface area contributed by atoms with Crippen LogP contribution in [0.4, 0.5) is 5.69 Å². The molecule has 98 valence electrons. The summed E-state index contributed by atoms with van der Waals surface area (Å²) in [6.45, 7) is 1.50. The number of anilines is 1. The minimum Gasteiger partial charge on any atom is -0.381 e. The Morgan fingerprint density at radius 1 is 1.22 bits per heavy atom. The van der Waals surface area contributed by atoms with Crippen molar-refractivity contribution >= 4 is 34.8 Å². The van der Waals surface area contributed by atoms with E-state index in [0.717, 1.165) is 26.1 Å². The molecule has 1 aliphatic heterocycles. The molecule has 0 aliphatic carbocycles. The number of hydrogen-bond donors (Lipinski definition) is 1. The number of halogens is 2. The molecule has 3 nitrogen and oxygen atoms in total. The Morgan fingerprint density at radius 2 is 1.83 bits per heavy atom. The van der Waals surface area contributed by atoms with Crippen molar-refractivity contribution in [2.45, 2.75) is 19.3 Å². The maximum Gasteiger partial charge on any atom is 0.224 e. The van der Waals surface area contributed by atoms with Gasteiger partial charge in [0.1, 0.15) is 0 Å². The molecule has 1 fully saturated rings. The Kier molecular flexibility index (Phi) is 4.87. The summed E-state index contributed by atoms with van der Waals surface area (Å²) in [5.41, 5.74) is 0.643. The van der Waals surface area contributed by atoms with Crippen molar-refractivity contribution in [3.63, 3.8) is 0 Å². The second-order valence-corrected chi connectivity index (χ2v) is 5.34. The fourth-order valence-corrected chi connectivity index (χ4v) is 2.58. The zero-order valence-corrected chi connectivity index (χ0v) is 11.4. The highest BCUT2D eigenvalue weighted by Crippen LogP contribution is 2.24. The highest BCUT2D eigenvalue weighted by atomic mass is 35.5. The molecule has 0 radical (unpaired) electrons. The number of nitrogens with one attached hydrogen (secondary N) is 1. The number of ether oxygens (including phenoxy) is 1. The predicted octanol–water partition coefficient (Wildman–Crippen LogP) is 3.75. The van der Waals surface area contributed by atoms with Crippen molar-refractivity contribution in [1.29, 1.82) is 0 Å². The molecule has 1 aromatic carbocycles. The van der Waals surface area contributed by atoms with Crippen molar-refractivity contribution in [3.8, 4) is 0 Å². The number of benzene rings is 1. The Bertz CT molecular complexity index is 411. The third kappa shape index (κ3) is 4.16. The minimum atomic E-state index is 0.000216. The van der Waals surface area contributed by atoms with Crippen LogP contribution in [0.15, 0.2) is 18.2 Å². The van der Waals surface area contributed by atoms with E-state index < -0.39 is 0 Å². The molecule has 1 amide bonds. The van der Waals surface area contributed by atoms with Crippen LogP contribution in [-0.2, 0) is 9.53 Å². The van der Waals surface area contributed by atoms with Gasteiger partial charge in [0.05, 0.1) is 0 Å². The topological polar surface area (TPSA) is 38.3 Å². The van der Waals surface area contributed by atoms with Gasteiger partial charge in [-0.1, -0.05) is 23.2 Å². The Morgan fingerprint density at radius 3 is 2.44 bits per heavy atom. The number of rotatable bonds is 3. The molecule has 0 bridgehead atoms. The molecule has 2 rings (SSSR count). The molecular formula is C13H15Cl2NO2. The molecule has 0 atom stereocenters. The van der Waals surface area contributed by atoms with E-state index in [2.05, 4.69) is 5.32 Å². The van der Waals surface area contributed by atoms with E-state index in [1.165, 1.54) is 0 Å². The molecule has 5 heteroatoms. The Labute approximate surface area is 116 Å². The van der Waals surface area contributed by atoms with Crippen LogP contribution in [-0.4, -0.2) is 19.1 Å². The molecule has 1 aliphatic rings. The van der Waals surface area contributed by atoms with Crippen LogP contribution < -0.4 is 5.32 Å². The molecule has 0 spiro atoms. The summed E-state index contributed by atoms with van der Waals surface area (Å²) in [7, 11) is 0. The molecular weight excluding hydrogens is 273 g/mol.